The van der Waals surface area contributed by atoms with Crippen molar-refractivity contribution in [3.05, 3.63) is 53.3 Å². The summed E-state index contributed by atoms with van der Waals surface area (Å²) >= 11 is 0. The van der Waals surface area contributed by atoms with Gasteiger partial charge in [0.2, 0.25) is 0 Å². The normalized spacial score (nSPS) is 33.3. The minimum atomic E-state index is 0.0966. The van der Waals surface area contributed by atoms with Crippen LogP contribution in [-0.4, -0.2) is 45.2 Å². The van der Waals surface area contributed by atoms with Gasteiger partial charge in [0.25, 0.3) is 5.91 Å². The van der Waals surface area contributed by atoms with Gasteiger partial charge in [-0.25, -0.2) is 0 Å². The predicted molar refractivity (Wildman–Crippen MR) is 114 cm³/mol. The van der Waals surface area contributed by atoms with Crippen LogP contribution in [0.25, 0.3) is 0 Å². The van der Waals surface area contributed by atoms with Crippen molar-refractivity contribution < 1.29 is 4.79 Å². The number of nitrogens with zero attached hydrogens (tertiary/aromatic N) is 2. The Kier molecular flexibility index (Phi) is 4.54. The highest BCUT2D eigenvalue weighted by molar-refractivity contribution is 5.93. The summed E-state index contributed by atoms with van der Waals surface area (Å²) < 4.78 is 0. The van der Waals surface area contributed by atoms with E-state index >= 15 is 0 Å². The zero-order chi connectivity index (χ0) is 20.2. The van der Waals surface area contributed by atoms with E-state index < -0.39 is 0 Å². The second-order valence-electron chi connectivity index (χ2n) is 9.82. The van der Waals surface area contributed by atoms with Crippen molar-refractivity contribution in [1.29, 1.82) is 0 Å². The number of carbonyl (C=O) groups is 1. The molecule has 3 aliphatic rings. The van der Waals surface area contributed by atoms with Crippen LogP contribution < -0.4 is 5.32 Å². The third kappa shape index (κ3) is 3.02. The molecular weight excluding hydrogens is 360 g/mol. The van der Waals surface area contributed by atoms with E-state index in [1.165, 1.54) is 24.8 Å². The number of hydrogen-bond donors (Lipinski definition) is 2. The number of fused-ring (bicyclic) bond motifs is 1. The van der Waals surface area contributed by atoms with E-state index in [2.05, 4.69) is 71.5 Å². The molecule has 1 aliphatic carbocycles. The molecule has 2 N–H and O–H groups in total. The Labute approximate surface area is 173 Å². The second-order valence-corrected chi connectivity index (χ2v) is 9.82. The highest BCUT2D eigenvalue weighted by Crippen LogP contribution is 2.52. The summed E-state index contributed by atoms with van der Waals surface area (Å²) in [4.78, 5) is 16.0. The third-order valence-corrected chi connectivity index (χ3v) is 7.72. The molecule has 29 heavy (non-hydrogen) atoms. The number of carbonyl (C=O) groups excluding carboxylic acids is 1. The Hall–Kier alpha value is -2.14. The lowest BCUT2D eigenvalue weighted by molar-refractivity contribution is -0.0115. The summed E-state index contributed by atoms with van der Waals surface area (Å²) in [5.41, 5.74) is 3.06. The summed E-state index contributed by atoms with van der Waals surface area (Å²) in [5.74, 6) is 0.430. The molecule has 5 nitrogen and oxygen atoms in total. The van der Waals surface area contributed by atoms with Crippen LogP contribution in [0.1, 0.15) is 74.1 Å². The molecule has 2 aliphatic heterocycles. The first-order chi connectivity index (χ1) is 14.0. The molecule has 1 aromatic heterocycles. The van der Waals surface area contributed by atoms with Gasteiger partial charge >= 0.3 is 0 Å². The largest absolute Gasteiger partial charge is 0.329 e. The fraction of sp³-hybridized carbons (Fsp3) is 0.583. The minimum Gasteiger partial charge on any atom is -0.329 e. The van der Waals surface area contributed by atoms with Gasteiger partial charge in [-0.2, -0.15) is 5.10 Å². The Morgan fingerprint density at radius 2 is 2.07 bits per heavy atom. The van der Waals surface area contributed by atoms with Crippen molar-refractivity contribution in [2.24, 2.45) is 5.41 Å². The van der Waals surface area contributed by atoms with Gasteiger partial charge in [0.15, 0.2) is 0 Å². The van der Waals surface area contributed by atoms with Crippen LogP contribution in [-0.2, 0) is 6.42 Å². The van der Waals surface area contributed by atoms with Crippen LogP contribution in [0, 0.1) is 5.41 Å². The van der Waals surface area contributed by atoms with Crippen LogP contribution >= 0.6 is 0 Å². The van der Waals surface area contributed by atoms with E-state index in [1.807, 2.05) is 6.07 Å². The molecule has 0 spiro atoms. The van der Waals surface area contributed by atoms with Crippen molar-refractivity contribution in [3.8, 4) is 0 Å². The molecule has 5 atom stereocenters. The zero-order valence-electron chi connectivity index (χ0n) is 17.7. The number of benzene rings is 1. The lowest BCUT2D eigenvalue weighted by Crippen LogP contribution is -2.62. The van der Waals surface area contributed by atoms with Gasteiger partial charge in [-0.05, 0) is 49.7 Å². The highest BCUT2D eigenvalue weighted by Gasteiger charge is 2.60. The Morgan fingerprint density at radius 1 is 1.28 bits per heavy atom. The lowest BCUT2D eigenvalue weighted by Gasteiger charge is -2.53. The molecule has 0 radical (unpaired) electrons. The summed E-state index contributed by atoms with van der Waals surface area (Å²) in [7, 11) is 0. The fourth-order valence-corrected chi connectivity index (χ4v) is 6.14. The number of nitrogens with one attached hydrogen (secondary N) is 2. The maximum Gasteiger partial charge on any atom is 0.274 e. The van der Waals surface area contributed by atoms with Crippen molar-refractivity contribution in [3.63, 3.8) is 0 Å². The van der Waals surface area contributed by atoms with Gasteiger partial charge in [0.05, 0.1) is 6.04 Å². The Morgan fingerprint density at radius 3 is 2.79 bits per heavy atom. The van der Waals surface area contributed by atoms with Crippen molar-refractivity contribution in [2.45, 2.75) is 83.0 Å². The Balaban J connectivity index is 1.53. The molecule has 3 fully saturated rings. The van der Waals surface area contributed by atoms with Gasteiger partial charge in [-0.15, -0.1) is 0 Å². The summed E-state index contributed by atoms with van der Waals surface area (Å²) in [6, 6.07) is 13.9. The molecular formula is C24H32N4O. The van der Waals surface area contributed by atoms with Crippen LogP contribution in [0.4, 0.5) is 0 Å². The number of H-pyrrole nitrogens is 1. The first-order valence-corrected chi connectivity index (χ1v) is 11.2. The maximum absolute atomic E-state index is 13.8. The quantitative estimate of drug-likeness (QED) is 0.830. The number of aromatic nitrogens is 2. The molecule has 0 unspecified atom stereocenters. The topological polar surface area (TPSA) is 61.0 Å². The van der Waals surface area contributed by atoms with E-state index in [1.54, 1.807) is 0 Å². The molecule has 1 aromatic carbocycles. The van der Waals surface area contributed by atoms with Gasteiger partial charge < -0.3 is 10.2 Å². The van der Waals surface area contributed by atoms with Gasteiger partial charge in [-0.3, -0.25) is 9.89 Å². The van der Waals surface area contributed by atoms with E-state index in [9.17, 15) is 4.79 Å². The molecule has 2 saturated heterocycles. The van der Waals surface area contributed by atoms with Crippen LogP contribution in [0.2, 0.25) is 0 Å². The standard InChI is InChI=1S/C24H32N4O/c1-15(2)17-13-18(27-26-17)23(29)28-20(12-16-8-5-4-6-9-16)19-14-24(3)21(25-19)10-7-11-22(24)28/h4-6,8-9,13,15,19-22,25H,7,10-12,14H2,1-3H3,(H,26,27)/t19-,20+,21-,22+,24-/m0/s1. The SMILES string of the molecule is CC(C)c1cc(C(=O)N2[C@H](Cc3ccccc3)[C@@H]3C[C@@]4(C)[C@H](CCC[C@@H]24)N3)n[nH]1. The van der Waals surface area contributed by atoms with E-state index in [0.29, 0.717) is 23.7 Å². The number of hydrogen-bond acceptors (Lipinski definition) is 3. The molecule has 1 saturated carbocycles. The van der Waals surface area contributed by atoms with E-state index in [0.717, 1.165) is 18.5 Å². The first kappa shape index (κ1) is 18.9. The van der Waals surface area contributed by atoms with Crippen molar-refractivity contribution >= 4 is 5.91 Å². The van der Waals surface area contributed by atoms with Gasteiger partial charge in [0.1, 0.15) is 5.69 Å². The van der Waals surface area contributed by atoms with Crippen LogP contribution in [0.5, 0.6) is 0 Å². The van der Waals surface area contributed by atoms with Crippen LogP contribution in [0.3, 0.4) is 0 Å². The molecule has 5 rings (SSSR count). The molecule has 3 heterocycles. The number of piperidine rings is 1. The predicted octanol–water partition coefficient (Wildman–Crippen LogP) is 3.89. The van der Waals surface area contributed by atoms with Gasteiger partial charge in [-0.1, -0.05) is 51.1 Å². The fourth-order valence-electron chi connectivity index (χ4n) is 6.14. The second kappa shape index (κ2) is 6.98. The highest BCUT2D eigenvalue weighted by atomic mass is 16.2. The summed E-state index contributed by atoms with van der Waals surface area (Å²) in [5, 5.41) is 11.4. The first-order valence-electron chi connectivity index (χ1n) is 11.2. The monoisotopic (exact) mass is 392 g/mol. The molecule has 154 valence electrons. The molecule has 2 bridgehead atoms. The number of aromatic amines is 1. The number of amides is 1. The van der Waals surface area contributed by atoms with E-state index in [4.69, 9.17) is 0 Å². The van der Waals surface area contributed by atoms with Gasteiger partial charge in [0, 0.05) is 29.2 Å². The Bertz CT molecular complexity index is 891. The lowest BCUT2D eigenvalue weighted by atomic mass is 9.64. The molecule has 5 heteroatoms. The average molecular weight is 393 g/mol. The number of rotatable bonds is 4. The number of likely N-dealkylation sites (tertiary alicyclic amines) is 1. The maximum atomic E-state index is 13.8. The zero-order valence-corrected chi connectivity index (χ0v) is 17.7. The molecule has 1 amide bonds. The molecule has 2 aromatic rings. The summed E-state index contributed by atoms with van der Waals surface area (Å²) in [6.07, 6.45) is 5.57. The summed E-state index contributed by atoms with van der Waals surface area (Å²) in [6.45, 7) is 6.65. The van der Waals surface area contributed by atoms with Crippen molar-refractivity contribution in [1.82, 2.24) is 20.4 Å². The van der Waals surface area contributed by atoms with Crippen molar-refractivity contribution in [2.75, 3.05) is 0 Å². The van der Waals surface area contributed by atoms with Crippen LogP contribution in [0.15, 0.2) is 36.4 Å². The van der Waals surface area contributed by atoms with E-state index in [-0.39, 0.29) is 23.4 Å². The smallest absolute Gasteiger partial charge is 0.274 e. The minimum absolute atomic E-state index is 0.0966. The third-order valence-electron chi connectivity index (χ3n) is 7.72. The average Bonchev–Trinajstić information content (AvgIpc) is 3.32.